The molecular formula is C18H30NO2+. The van der Waals surface area contributed by atoms with Crippen molar-refractivity contribution in [2.24, 2.45) is 11.8 Å². The van der Waals surface area contributed by atoms with Gasteiger partial charge >= 0.3 is 0 Å². The van der Waals surface area contributed by atoms with Crippen LogP contribution in [0.15, 0.2) is 18.2 Å². The van der Waals surface area contributed by atoms with Crippen molar-refractivity contribution in [3.05, 3.63) is 29.3 Å². The maximum atomic E-state index is 10.2. The van der Waals surface area contributed by atoms with Crippen molar-refractivity contribution in [2.45, 2.75) is 40.2 Å². The molecule has 0 aromatic heterocycles. The molecule has 2 rings (SSSR count). The molecule has 0 unspecified atom stereocenters. The molecule has 0 aliphatic carbocycles. The summed E-state index contributed by atoms with van der Waals surface area (Å²) in [4.78, 5) is 1.51. The molecule has 0 radical (unpaired) electrons. The van der Waals surface area contributed by atoms with E-state index in [1.807, 2.05) is 19.1 Å². The molecule has 3 atom stereocenters. The molecule has 0 amide bonds. The number of nitrogens with one attached hydrogen (secondary N) is 1. The van der Waals surface area contributed by atoms with Crippen molar-refractivity contribution < 1.29 is 14.7 Å². The van der Waals surface area contributed by atoms with Crippen LogP contribution < -0.4 is 9.64 Å². The molecule has 1 aliphatic rings. The standard InChI is InChI=1S/C18H29NO2/c1-13-5-6-18(16(4)8-13)21-12-17(20)11-19-9-14(2)7-15(3)10-19/h5-6,8,14-15,17,20H,7,9-12H2,1-4H3/p+1/t14-,15-,17+/m0/s1. The van der Waals surface area contributed by atoms with Gasteiger partial charge in [0.05, 0.1) is 13.1 Å². The summed E-state index contributed by atoms with van der Waals surface area (Å²) in [7, 11) is 0. The molecule has 0 bridgehead atoms. The van der Waals surface area contributed by atoms with E-state index in [1.165, 1.54) is 30.0 Å². The molecule has 118 valence electrons. The molecule has 1 saturated heterocycles. The van der Waals surface area contributed by atoms with Crippen LogP contribution in [0, 0.1) is 25.7 Å². The summed E-state index contributed by atoms with van der Waals surface area (Å²) in [5.41, 5.74) is 2.37. The zero-order valence-corrected chi connectivity index (χ0v) is 13.9. The molecule has 1 heterocycles. The second kappa shape index (κ2) is 7.28. The van der Waals surface area contributed by atoms with Gasteiger partial charge in [0.2, 0.25) is 0 Å². The molecule has 2 N–H and O–H groups in total. The van der Waals surface area contributed by atoms with Gasteiger partial charge in [0.15, 0.2) is 0 Å². The third-order valence-corrected chi connectivity index (χ3v) is 4.36. The van der Waals surface area contributed by atoms with E-state index in [0.29, 0.717) is 6.61 Å². The first kappa shape index (κ1) is 16.3. The van der Waals surface area contributed by atoms with E-state index < -0.39 is 6.10 Å². The van der Waals surface area contributed by atoms with Gasteiger partial charge in [0.25, 0.3) is 0 Å². The molecular weight excluding hydrogens is 262 g/mol. The quantitative estimate of drug-likeness (QED) is 0.864. The zero-order chi connectivity index (χ0) is 15.4. The Morgan fingerprint density at radius 2 is 1.90 bits per heavy atom. The van der Waals surface area contributed by atoms with E-state index in [-0.39, 0.29) is 0 Å². The highest BCUT2D eigenvalue weighted by Crippen LogP contribution is 2.18. The maximum absolute atomic E-state index is 10.2. The Balaban J connectivity index is 1.80. The minimum Gasteiger partial charge on any atom is -0.490 e. The normalized spacial score (nSPS) is 27.4. The number of hydrogen-bond donors (Lipinski definition) is 2. The second-order valence-electron chi connectivity index (χ2n) is 7.04. The van der Waals surface area contributed by atoms with E-state index in [9.17, 15) is 5.11 Å². The molecule has 3 heteroatoms. The number of likely N-dealkylation sites (tertiary alicyclic amines) is 1. The lowest BCUT2D eigenvalue weighted by molar-refractivity contribution is -0.915. The molecule has 1 aromatic carbocycles. The largest absolute Gasteiger partial charge is 0.490 e. The Morgan fingerprint density at radius 1 is 1.24 bits per heavy atom. The van der Waals surface area contributed by atoms with E-state index in [1.54, 1.807) is 0 Å². The predicted octanol–water partition coefficient (Wildman–Crippen LogP) is 1.60. The number of rotatable bonds is 5. The third-order valence-electron chi connectivity index (χ3n) is 4.36. The van der Waals surface area contributed by atoms with Crippen LogP contribution >= 0.6 is 0 Å². The fourth-order valence-corrected chi connectivity index (χ4v) is 3.63. The van der Waals surface area contributed by atoms with Crippen LogP contribution in [0.25, 0.3) is 0 Å². The Labute approximate surface area is 128 Å². The van der Waals surface area contributed by atoms with E-state index in [4.69, 9.17) is 4.74 Å². The Morgan fingerprint density at radius 3 is 2.52 bits per heavy atom. The second-order valence-corrected chi connectivity index (χ2v) is 7.04. The van der Waals surface area contributed by atoms with E-state index in [0.717, 1.165) is 29.7 Å². The number of ether oxygens (including phenoxy) is 1. The van der Waals surface area contributed by atoms with Crippen molar-refractivity contribution in [3.63, 3.8) is 0 Å². The summed E-state index contributed by atoms with van der Waals surface area (Å²) in [5, 5.41) is 10.2. The predicted molar refractivity (Wildman–Crippen MR) is 85.9 cm³/mol. The average Bonchev–Trinajstić information content (AvgIpc) is 2.36. The van der Waals surface area contributed by atoms with E-state index >= 15 is 0 Å². The fraction of sp³-hybridized carbons (Fsp3) is 0.667. The van der Waals surface area contributed by atoms with Gasteiger partial charge in [-0.1, -0.05) is 31.5 Å². The molecule has 21 heavy (non-hydrogen) atoms. The Hall–Kier alpha value is -1.06. The average molecular weight is 292 g/mol. The maximum Gasteiger partial charge on any atom is 0.137 e. The van der Waals surface area contributed by atoms with Crippen LogP contribution in [0.2, 0.25) is 0 Å². The zero-order valence-electron chi connectivity index (χ0n) is 13.9. The lowest BCUT2D eigenvalue weighted by atomic mass is 9.92. The molecule has 3 nitrogen and oxygen atoms in total. The van der Waals surface area contributed by atoms with Crippen LogP contribution in [0.4, 0.5) is 0 Å². The number of aryl methyl sites for hydroxylation is 2. The summed E-state index contributed by atoms with van der Waals surface area (Å²) in [5.74, 6) is 2.41. The summed E-state index contributed by atoms with van der Waals surface area (Å²) in [6.45, 7) is 12.3. The molecule has 1 aliphatic heterocycles. The van der Waals surface area contributed by atoms with Crippen molar-refractivity contribution >= 4 is 0 Å². The first-order chi connectivity index (χ1) is 9.94. The van der Waals surface area contributed by atoms with Gasteiger partial charge in [0, 0.05) is 11.8 Å². The SMILES string of the molecule is Cc1ccc(OC[C@H](O)C[NH+]2C[C@@H](C)C[C@H](C)C2)c(C)c1. The fourth-order valence-electron chi connectivity index (χ4n) is 3.63. The molecule has 1 fully saturated rings. The smallest absolute Gasteiger partial charge is 0.137 e. The first-order valence-corrected chi connectivity index (χ1v) is 8.15. The van der Waals surface area contributed by atoms with Gasteiger partial charge in [-0.15, -0.1) is 0 Å². The Kier molecular flexibility index (Phi) is 5.65. The third kappa shape index (κ3) is 5.01. The van der Waals surface area contributed by atoms with Gasteiger partial charge < -0.3 is 14.7 Å². The van der Waals surface area contributed by atoms with Gasteiger partial charge in [0.1, 0.15) is 25.0 Å². The molecule has 0 spiro atoms. The van der Waals surface area contributed by atoms with Crippen molar-refractivity contribution in [1.29, 1.82) is 0 Å². The Bertz CT molecular complexity index is 451. The van der Waals surface area contributed by atoms with Gasteiger partial charge in [-0.2, -0.15) is 0 Å². The monoisotopic (exact) mass is 292 g/mol. The number of benzene rings is 1. The van der Waals surface area contributed by atoms with Crippen molar-refractivity contribution in [1.82, 2.24) is 0 Å². The lowest BCUT2D eigenvalue weighted by Gasteiger charge is -2.33. The topological polar surface area (TPSA) is 33.9 Å². The van der Waals surface area contributed by atoms with Gasteiger partial charge in [-0.25, -0.2) is 0 Å². The first-order valence-electron chi connectivity index (χ1n) is 8.15. The summed E-state index contributed by atoms with van der Waals surface area (Å²) >= 11 is 0. The van der Waals surface area contributed by atoms with Crippen molar-refractivity contribution in [3.8, 4) is 5.75 Å². The van der Waals surface area contributed by atoms with Crippen LogP contribution in [-0.4, -0.2) is 37.5 Å². The van der Waals surface area contributed by atoms with Crippen LogP contribution in [0.3, 0.4) is 0 Å². The van der Waals surface area contributed by atoms with Crippen LogP contribution in [0.1, 0.15) is 31.4 Å². The number of aliphatic hydroxyl groups excluding tert-OH is 1. The minimum absolute atomic E-state index is 0.385. The summed E-state index contributed by atoms with van der Waals surface area (Å²) < 4.78 is 5.79. The van der Waals surface area contributed by atoms with Crippen LogP contribution in [0.5, 0.6) is 5.75 Å². The highest BCUT2D eigenvalue weighted by atomic mass is 16.5. The van der Waals surface area contributed by atoms with Gasteiger partial charge in [-0.05, 0) is 31.9 Å². The summed E-state index contributed by atoms with van der Waals surface area (Å²) in [6, 6.07) is 6.16. The number of piperidine rings is 1. The number of quaternary nitrogens is 1. The minimum atomic E-state index is -0.391. The van der Waals surface area contributed by atoms with Crippen molar-refractivity contribution in [2.75, 3.05) is 26.2 Å². The van der Waals surface area contributed by atoms with Crippen LogP contribution in [-0.2, 0) is 0 Å². The number of aliphatic hydroxyl groups is 1. The van der Waals surface area contributed by atoms with Gasteiger partial charge in [-0.3, -0.25) is 0 Å². The number of hydrogen-bond acceptors (Lipinski definition) is 2. The molecule has 0 saturated carbocycles. The molecule has 1 aromatic rings. The highest BCUT2D eigenvalue weighted by molar-refractivity contribution is 5.35. The summed E-state index contributed by atoms with van der Waals surface area (Å²) in [6.07, 6.45) is 0.928. The lowest BCUT2D eigenvalue weighted by Crippen LogP contribution is -3.15. The van der Waals surface area contributed by atoms with E-state index in [2.05, 4.69) is 26.8 Å². The highest BCUT2D eigenvalue weighted by Gasteiger charge is 2.26.